The van der Waals surface area contributed by atoms with Gasteiger partial charge in [0.05, 0.1) is 31.4 Å². The van der Waals surface area contributed by atoms with Gasteiger partial charge >= 0.3 is 5.97 Å². The molecule has 1 aromatic rings. The van der Waals surface area contributed by atoms with Gasteiger partial charge in [0.1, 0.15) is 0 Å². The Hall–Kier alpha value is -1.73. The summed E-state index contributed by atoms with van der Waals surface area (Å²) in [6.07, 6.45) is 2.08. The number of hydrogen-bond donors (Lipinski definition) is 4. The van der Waals surface area contributed by atoms with Gasteiger partial charge in [-0.05, 0) is 31.9 Å². The second kappa shape index (κ2) is 11.1. The van der Waals surface area contributed by atoms with E-state index in [1.165, 1.54) is 0 Å². The molecule has 0 aromatic heterocycles. The summed E-state index contributed by atoms with van der Waals surface area (Å²) in [6, 6.07) is 9.36. The minimum atomic E-state index is -1.19. The lowest BCUT2D eigenvalue weighted by Crippen LogP contribution is -2.58. The van der Waals surface area contributed by atoms with E-state index < -0.39 is 31.3 Å². The maximum absolute atomic E-state index is 10.7. The first-order chi connectivity index (χ1) is 12.4. The van der Waals surface area contributed by atoms with Crippen LogP contribution in [0, 0.1) is 0 Å². The number of rotatable bonds is 13. The molecule has 0 amide bonds. The summed E-state index contributed by atoms with van der Waals surface area (Å²) in [5.41, 5.74) is 0.610. The van der Waals surface area contributed by atoms with Crippen molar-refractivity contribution in [1.82, 2.24) is 4.90 Å². The van der Waals surface area contributed by atoms with Crippen molar-refractivity contribution in [3.63, 3.8) is 0 Å². The first-order valence-corrected chi connectivity index (χ1v) is 8.93. The van der Waals surface area contributed by atoms with Crippen LogP contribution in [0.3, 0.4) is 0 Å². The van der Waals surface area contributed by atoms with Crippen molar-refractivity contribution in [2.24, 2.45) is 0 Å². The number of benzene rings is 1. The summed E-state index contributed by atoms with van der Waals surface area (Å²) in [4.78, 5) is 12.6. The minimum Gasteiger partial charge on any atom is -0.481 e. The number of aliphatic hydroxyl groups excluding tert-OH is 3. The predicted octanol–water partition coefficient (Wildman–Crippen LogP) is 1.97. The third kappa shape index (κ3) is 5.92. The van der Waals surface area contributed by atoms with Crippen LogP contribution in [-0.2, 0) is 4.79 Å². The molecular weight excluding hydrogens is 334 g/mol. The van der Waals surface area contributed by atoms with Gasteiger partial charge in [0.15, 0.2) is 0 Å². The maximum atomic E-state index is 10.7. The molecule has 0 fully saturated rings. The SMILES string of the molecule is C=C(C)C(c1ccccc1)N(CCCCCC(=O)O)C(CO)(CO)CO. The van der Waals surface area contributed by atoms with Crippen molar-refractivity contribution in [3.8, 4) is 0 Å². The topological polar surface area (TPSA) is 101 Å². The molecule has 1 unspecified atom stereocenters. The second-order valence-electron chi connectivity index (χ2n) is 6.76. The molecule has 0 aliphatic heterocycles. The zero-order valence-corrected chi connectivity index (χ0v) is 15.5. The molecule has 0 bridgehead atoms. The number of hydrogen-bond acceptors (Lipinski definition) is 5. The quantitative estimate of drug-likeness (QED) is 0.315. The summed E-state index contributed by atoms with van der Waals surface area (Å²) in [5, 5.41) is 38.5. The number of carboxylic acids is 1. The van der Waals surface area contributed by atoms with Gasteiger partial charge in [-0.3, -0.25) is 9.69 Å². The van der Waals surface area contributed by atoms with Crippen LogP contribution in [0.4, 0.5) is 0 Å². The molecule has 0 saturated heterocycles. The molecule has 0 aliphatic carbocycles. The van der Waals surface area contributed by atoms with E-state index in [9.17, 15) is 20.1 Å². The third-order valence-electron chi connectivity index (χ3n) is 4.68. The molecule has 0 radical (unpaired) electrons. The molecule has 146 valence electrons. The zero-order chi connectivity index (χ0) is 19.6. The van der Waals surface area contributed by atoms with E-state index in [-0.39, 0.29) is 12.5 Å². The Kier molecular flexibility index (Phi) is 9.51. The van der Waals surface area contributed by atoms with Crippen LogP contribution in [0.15, 0.2) is 42.5 Å². The van der Waals surface area contributed by atoms with Crippen molar-refractivity contribution in [3.05, 3.63) is 48.0 Å². The van der Waals surface area contributed by atoms with E-state index in [2.05, 4.69) is 6.58 Å². The third-order valence-corrected chi connectivity index (χ3v) is 4.68. The molecule has 1 aromatic carbocycles. The Morgan fingerprint density at radius 2 is 1.65 bits per heavy atom. The van der Waals surface area contributed by atoms with Crippen LogP contribution in [0.2, 0.25) is 0 Å². The van der Waals surface area contributed by atoms with Crippen molar-refractivity contribution < 1.29 is 25.2 Å². The highest BCUT2D eigenvalue weighted by molar-refractivity contribution is 5.66. The fourth-order valence-corrected chi connectivity index (χ4v) is 3.16. The molecular formula is C20H31NO5. The predicted molar refractivity (Wildman–Crippen MR) is 101 cm³/mol. The van der Waals surface area contributed by atoms with Crippen LogP contribution < -0.4 is 0 Å². The average molecular weight is 365 g/mol. The van der Waals surface area contributed by atoms with Gasteiger partial charge in [0, 0.05) is 6.42 Å². The summed E-state index contributed by atoms with van der Waals surface area (Å²) in [5.74, 6) is -0.818. The maximum Gasteiger partial charge on any atom is 0.303 e. The minimum absolute atomic E-state index is 0.119. The number of carbonyl (C=O) groups is 1. The Morgan fingerprint density at radius 3 is 2.12 bits per heavy atom. The first kappa shape index (κ1) is 22.3. The monoisotopic (exact) mass is 365 g/mol. The van der Waals surface area contributed by atoms with Crippen molar-refractivity contribution in [2.75, 3.05) is 26.4 Å². The Labute approximate surface area is 155 Å². The molecule has 0 aliphatic rings. The second-order valence-corrected chi connectivity index (χ2v) is 6.76. The summed E-state index contributed by atoms with van der Waals surface area (Å²) in [6.45, 7) is 5.26. The van der Waals surface area contributed by atoms with E-state index in [1.54, 1.807) is 0 Å². The fourth-order valence-electron chi connectivity index (χ4n) is 3.16. The van der Waals surface area contributed by atoms with E-state index >= 15 is 0 Å². The molecule has 26 heavy (non-hydrogen) atoms. The highest BCUT2D eigenvalue weighted by Crippen LogP contribution is 2.33. The molecule has 4 N–H and O–H groups in total. The summed E-state index contributed by atoms with van der Waals surface area (Å²) in [7, 11) is 0. The number of carboxylic acid groups (broad SMARTS) is 1. The van der Waals surface area contributed by atoms with Gasteiger partial charge < -0.3 is 20.4 Å². The summed E-state index contributed by atoms with van der Waals surface area (Å²) >= 11 is 0. The Balaban J connectivity index is 3.08. The first-order valence-electron chi connectivity index (χ1n) is 8.93. The van der Waals surface area contributed by atoms with E-state index in [0.717, 1.165) is 11.1 Å². The van der Waals surface area contributed by atoms with Crippen LogP contribution in [0.1, 0.15) is 44.2 Å². The van der Waals surface area contributed by atoms with Gasteiger partial charge in [-0.2, -0.15) is 0 Å². The summed E-state index contributed by atoms with van der Waals surface area (Å²) < 4.78 is 0. The van der Waals surface area contributed by atoms with E-state index in [4.69, 9.17) is 5.11 Å². The van der Waals surface area contributed by atoms with E-state index in [1.807, 2.05) is 42.2 Å². The van der Waals surface area contributed by atoms with Crippen molar-refractivity contribution in [1.29, 1.82) is 0 Å². The smallest absolute Gasteiger partial charge is 0.303 e. The number of nitrogens with zero attached hydrogens (tertiary/aromatic N) is 1. The molecule has 0 spiro atoms. The zero-order valence-electron chi connectivity index (χ0n) is 15.5. The van der Waals surface area contributed by atoms with Crippen molar-refractivity contribution >= 4 is 5.97 Å². The number of aliphatic carboxylic acids is 1. The molecule has 0 saturated carbocycles. The molecule has 1 rings (SSSR count). The lowest BCUT2D eigenvalue weighted by molar-refractivity contribution is -0.137. The van der Waals surface area contributed by atoms with Gasteiger partial charge in [-0.15, -0.1) is 0 Å². The fraction of sp³-hybridized carbons (Fsp3) is 0.550. The van der Waals surface area contributed by atoms with Gasteiger partial charge in [0.25, 0.3) is 0 Å². The standard InChI is InChI=1S/C20H31NO5/c1-16(2)19(17-9-5-3-6-10-17)21(20(13-22,14-23)15-24)12-8-4-7-11-18(25)26/h3,5-6,9-10,19,22-24H,1,4,7-8,11-15H2,2H3,(H,25,26). The van der Waals surface area contributed by atoms with Crippen LogP contribution >= 0.6 is 0 Å². The van der Waals surface area contributed by atoms with Crippen LogP contribution in [-0.4, -0.2) is 63.2 Å². The van der Waals surface area contributed by atoms with Gasteiger partial charge in [-0.25, -0.2) is 0 Å². The molecule has 6 heteroatoms. The number of aliphatic hydroxyl groups is 3. The molecule has 0 heterocycles. The highest BCUT2D eigenvalue weighted by Gasteiger charge is 2.40. The Bertz CT molecular complexity index is 548. The normalized spacial score (nSPS) is 13.0. The Morgan fingerprint density at radius 1 is 1.08 bits per heavy atom. The van der Waals surface area contributed by atoms with Gasteiger partial charge in [0.2, 0.25) is 0 Å². The van der Waals surface area contributed by atoms with Crippen molar-refractivity contribution in [2.45, 2.75) is 44.2 Å². The highest BCUT2D eigenvalue weighted by atomic mass is 16.4. The van der Waals surface area contributed by atoms with E-state index in [0.29, 0.717) is 25.8 Å². The number of unbranched alkanes of at least 4 members (excludes halogenated alkanes) is 2. The lowest BCUT2D eigenvalue weighted by Gasteiger charge is -2.45. The van der Waals surface area contributed by atoms with Gasteiger partial charge in [-0.1, -0.05) is 48.9 Å². The van der Waals surface area contributed by atoms with Crippen LogP contribution in [0.5, 0.6) is 0 Å². The average Bonchev–Trinajstić information content (AvgIpc) is 2.63. The lowest BCUT2D eigenvalue weighted by atomic mass is 9.91. The van der Waals surface area contributed by atoms with Crippen LogP contribution in [0.25, 0.3) is 0 Å². The largest absolute Gasteiger partial charge is 0.481 e. The molecule has 1 atom stereocenters. The molecule has 6 nitrogen and oxygen atoms in total.